The quantitative estimate of drug-likeness (QED) is 0.485. The van der Waals surface area contributed by atoms with Gasteiger partial charge in [-0.3, -0.25) is 14.4 Å². The zero-order valence-corrected chi connectivity index (χ0v) is 19.1. The van der Waals surface area contributed by atoms with Gasteiger partial charge in [0.05, 0.1) is 6.10 Å². The molecule has 0 aromatic heterocycles. The van der Waals surface area contributed by atoms with Gasteiger partial charge in [-0.05, 0) is 49.8 Å². The maximum absolute atomic E-state index is 17.2. The average Bonchev–Trinajstić information content (AvgIpc) is 2.92. The summed E-state index contributed by atoms with van der Waals surface area (Å²) in [4.78, 5) is 37.6. The van der Waals surface area contributed by atoms with Gasteiger partial charge in [-0.15, -0.1) is 12.6 Å². The van der Waals surface area contributed by atoms with Crippen LogP contribution in [0.5, 0.6) is 0 Å². The second-order valence-electron chi connectivity index (χ2n) is 10.2. The maximum atomic E-state index is 17.2. The number of carbonyl (C=O) groups excluding carboxylic acids is 3. The predicted molar refractivity (Wildman–Crippen MR) is 116 cm³/mol. The van der Waals surface area contributed by atoms with Gasteiger partial charge in [0.15, 0.2) is 17.1 Å². The van der Waals surface area contributed by atoms with E-state index >= 15 is 8.78 Å². The molecule has 0 amide bonds. The Morgan fingerprint density at radius 2 is 2.03 bits per heavy atom. The van der Waals surface area contributed by atoms with Crippen molar-refractivity contribution in [2.45, 2.75) is 76.9 Å². The van der Waals surface area contributed by atoms with Crippen molar-refractivity contribution in [3.63, 3.8) is 0 Å². The van der Waals surface area contributed by atoms with Crippen LogP contribution in [0.4, 0.5) is 8.78 Å². The van der Waals surface area contributed by atoms with Crippen molar-refractivity contribution in [1.29, 1.82) is 0 Å². The molecule has 0 spiro atoms. The molecule has 0 heterocycles. The highest BCUT2D eigenvalue weighted by Crippen LogP contribution is 2.71. The van der Waals surface area contributed by atoms with Crippen LogP contribution in [0.15, 0.2) is 23.8 Å². The van der Waals surface area contributed by atoms with Crippen molar-refractivity contribution in [2.24, 2.45) is 28.6 Å². The molecule has 3 fully saturated rings. The summed E-state index contributed by atoms with van der Waals surface area (Å²) < 4.78 is 60.4. The number of hydrogen-bond acceptors (Lipinski definition) is 5. The summed E-state index contributed by atoms with van der Waals surface area (Å²) in [6, 6.07) is 0. The second kappa shape index (κ2) is 7.23. The van der Waals surface area contributed by atoms with Gasteiger partial charge in [0.25, 0.3) is 0 Å². The van der Waals surface area contributed by atoms with E-state index < -0.39 is 82.3 Å². The molecule has 0 aliphatic heterocycles. The molecule has 0 bridgehead atoms. The lowest BCUT2D eigenvalue weighted by molar-refractivity contribution is -0.228. The molecule has 0 saturated heterocycles. The molecule has 0 unspecified atom stereocenters. The summed E-state index contributed by atoms with van der Waals surface area (Å²) in [5.74, 6) is -4.02. The Kier molecular flexibility index (Phi) is 4.49. The van der Waals surface area contributed by atoms with Gasteiger partial charge in [-0.25, -0.2) is 8.78 Å². The topological polar surface area (TPSA) is 80.7 Å². The number of aliphatic hydroxyl groups is 1. The van der Waals surface area contributed by atoms with Gasteiger partial charge in [0.2, 0.25) is 5.12 Å². The number of hydrogen-bond donors (Lipinski definition) is 2. The Balaban J connectivity index is 1.82. The fourth-order valence-electron chi connectivity index (χ4n) is 7.46. The minimum absolute atomic E-state index is 0.0157. The Hall–Kier alpha value is -1.54. The minimum atomic E-state index is -2.63. The van der Waals surface area contributed by atoms with Crippen molar-refractivity contribution in [2.75, 3.05) is 0 Å². The number of aliphatic hydroxyl groups excluding tert-OH is 1. The molecule has 4 rings (SSSR count). The first-order valence-electron chi connectivity index (χ1n) is 12.4. The molecular formula is C24H30F2O5S. The highest BCUT2D eigenvalue weighted by molar-refractivity contribution is 7.96. The maximum Gasteiger partial charge on any atom is 0.306 e. The highest BCUT2D eigenvalue weighted by atomic mass is 32.1. The van der Waals surface area contributed by atoms with E-state index in [1.807, 2.05) is 0 Å². The van der Waals surface area contributed by atoms with Gasteiger partial charge in [-0.1, -0.05) is 26.8 Å². The summed E-state index contributed by atoms with van der Waals surface area (Å²) in [6.07, 6.45) is -1.11. The van der Waals surface area contributed by atoms with Crippen LogP contribution in [0.2, 0.25) is 0 Å². The number of ether oxygens (including phenoxy) is 1. The fourth-order valence-corrected chi connectivity index (χ4v) is 7.98. The van der Waals surface area contributed by atoms with Gasteiger partial charge < -0.3 is 9.84 Å². The Morgan fingerprint density at radius 3 is 2.66 bits per heavy atom. The summed E-state index contributed by atoms with van der Waals surface area (Å²) in [7, 11) is 0. The largest absolute Gasteiger partial charge is 0.449 e. The first kappa shape index (κ1) is 19.9. The molecule has 1 N–H and O–H groups in total. The summed E-state index contributed by atoms with van der Waals surface area (Å²) in [5.41, 5.74) is -7.20. The summed E-state index contributed by atoms with van der Waals surface area (Å²) in [5, 5.41) is 10.5. The highest BCUT2D eigenvalue weighted by Gasteiger charge is 2.77. The normalized spacial score (nSPS) is 51.3. The van der Waals surface area contributed by atoms with Crippen LogP contribution in [-0.2, 0) is 19.1 Å². The Labute approximate surface area is 196 Å². The number of fused-ring (bicyclic) bond motifs is 5. The van der Waals surface area contributed by atoms with E-state index in [1.54, 1.807) is 13.8 Å². The molecule has 4 aliphatic carbocycles. The van der Waals surface area contributed by atoms with Crippen LogP contribution in [0, 0.1) is 28.6 Å². The van der Waals surface area contributed by atoms with E-state index in [1.165, 1.54) is 19.1 Å². The first-order valence-corrected chi connectivity index (χ1v) is 11.3. The first-order chi connectivity index (χ1) is 15.9. The number of allylic oxidation sites excluding steroid dienone is 4. The number of rotatable bonds is 3. The van der Waals surface area contributed by atoms with Gasteiger partial charge in [0, 0.05) is 33.2 Å². The van der Waals surface area contributed by atoms with Crippen molar-refractivity contribution >= 4 is 29.5 Å². The SMILES string of the molecule is [2H]C([2H])([2H])CC(=O)O[C@]1(C(=O)S)[C@H](C)C[C@H]2[C@@H]3C[C@H](F)C4=CC(=O)C=C[C@]4(C)[C@@]3(F)[C@@H](O)C[C@@]21C. The number of halogens is 2. The molecule has 3 saturated carbocycles. The van der Waals surface area contributed by atoms with Gasteiger partial charge in [-0.2, -0.15) is 0 Å². The van der Waals surface area contributed by atoms with Crippen LogP contribution in [-0.4, -0.2) is 45.5 Å². The lowest BCUT2D eigenvalue weighted by Crippen LogP contribution is -2.70. The van der Waals surface area contributed by atoms with Crippen molar-refractivity contribution in [1.82, 2.24) is 0 Å². The third-order valence-corrected chi connectivity index (χ3v) is 9.24. The number of ketones is 1. The van der Waals surface area contributed by atoms with Gasteiger partial charge >= 0.3 is 5.97 Å². The number of alkyl halides is 2. The monoisotopic (exact) mass is 471 g/mol. The molecule has 176 valence electrons. The third-order valence-electron chi connectivity index (χ3n) is 8.91. The van der Waals surface area contributed by atoms with Gasteiger partial charge in [0.1, 0.15) is 6.17 Å². The van der Waals surface area contributed by atoms with Crippen molar-refractivity contribution < 1.29 is 37.1 Å². The molecule has 8 heteroatoms. The van der Waals surface area contributed by atoms with E-state index in [-0.39, 0.29) is 24.8 Å². The molecule has 0 radical (unpaired) electrons. The van der Waals surface area contributed by atoms with E-state index in [2.05, 4.69) is 12.6 Å². The Morgan fingerprint density at radius 1 is 1.34 bits per heavy atom. The zero-order valence-electron chi connectivity index (χ0n) is 21.2. The Bertz CT molecular complexity index is 1050. The van der Waals surface area contributed by atoms with Crippen LogP contribution < -0.4 is 0 Å². The van der Waals surface area contributed by atoms with Crippen molar-refractivity contribution in [3.05, 3.63) is 23.8 Å². The van der Waals surface area contributed by atoms with E-state index in [0.29, 0.717) is 0 Å². The second-order valence-corrected chi connectivity index (χ2v) is 10.6. The van der Waals surface area contributed by atoms with E-state index in [0.717, 1.165) is 6.08 Å². The molecule has 0 aromatic rings. The van der Waals surface area contributed by atoms with Crippen LogP contribution in [0.3, 0.4) is 0 Å². The minimum Gasteiger partial charge on any atom is -0.449 e. The zero-order chi connectivity index (χ0) is 26.4. The lowest BCUT2D eigenvalue weighted by atomic mass is 9.44. The van der Waals surface area contributed by atoms with Crippen molar-refractivity contribution in [3.8, 4) is 0 Å². The molecule has 9 atom stereocenters. The molecule has 0 aromatic carbocycles. The van der Waals surface area contributed by atoms with Crippen LogP contribution in [0.1, 0.15) is 57.4 Å². The summed E-state index contributed by atoms with van der Waals surface area (Å²) in [6.45, 7) is 2.07. The molecule has 32 heavy (non-hydrogen) atoms. The lowest BCUT2D eigenvalue weighted by Gasteiger charge is -2.63. The predicted octanol–water partition coefficient (Wildman–Crippen LogP) is 3.70. The fraction of sp³-hybridized carbons (Fsp3) is 0.708. The average molecular weight is 472 g/mol. The van der Waals surface area contributed by atoms with Crippen LogP contribution >= 0.6 is 12.6 Å². The van der Waals surface area contributed by atoms with Crippen LogP contribution in [0.25, 0.3) is 0 Å². The number of carbonyl (C=O) groups is 3. The summed E-state index contributed by atoms with van der Waals surface area (Å²) >= 11 is 4.02. The molecule has 5 nitrogen and oxygen atoms in total. The number of thiol groups is 1. The number of esters is 1. The molecular weight excluding hydrogens is 438 g/mol. The van der Waals surface area contributed by atoms with E-state index in [9.17, 15) is 19.5 Å². The smallest absolute Gasteiger partial charge is 0.306 e. The third kappa shape index (κ3) is 2.62. The van der Waals surface area contributed by atoms with E-state index in [4.69, 9.17) is 8.85 Å². The standard InChI is InChI=1S/C24H30F2O5S/c1-5-19(29)31-24(20(30)32)12(2)8-14-15-10-17(25)16-9-13(27)6-7-21(16,3)23(15,26)18(28)11-22(14,24)4/h6-7,9,12,14-15,17-18,28H,5,8,10-11H2,1-4H3,(H,30,32)/t12-,14+,15+,17+,18+,21+,22+,23+,24+/m1/s1/i1D3. The molecule has 4 aliphatic rings.